The van der Waals surface area contributed by atoms with Crippen LogP contribution in [0, 0.1) is 0 Å². The van der Waals surface area contributed by atoms with Gasteiger partial charge in [0.2, 0.25) is 0 Å². The van der Waals surface area contributed by atoms with Crippen LogP contribution in [0.2, 0.25) is 0 Å². The molecule has 0 spiro atoms. The molecule has 0 fully saturated rings. The molecule has 5 heterocycles. The van der Waals surface area contributed by atoms with Gasteiger partial charge in [-0.1, -0.05) is 164 Å². The Morgan fingerprint density at radius 1 is 0.260 bits per heavy atom. The van der Waals surface area contributed by atoms with Crippen LogP contribution in [-0.2, 0) is 0 Å². The lowest BCUT2D eigenvalue weighted by Gasteiger charge is -2.33. The van der Waals surface area contributed by atoms with E-state index >= 15 is 0 Å². The van der Waals surface area contributed by atoms with Crippen LogP contribution in [-0.4, -0.2) is 18.0 Å². The quantitative estimate of drug-likeness (QED) is 0.161. The Morgan fingerprint density at radius 2 is 0.603 bits per heavy atom. The summed E-state index contributed by atoms with van der Waals surface area (Å²) in [5.41, 5.74) is 18.8. The lowest BCUT2D eigenvalue weighted by Crippen LogP contribution is -2.57. The van der Waals surface area contributed by atoms with Crippen molar-refractivity contribution in [1.82, 2.24) is 4.57 Å². The van der Waals surface area contributed by atoms with Crippen molar-refractivity contribution >= 4 is 68.0 Å². The van der Waals surface area contributed by atoms with Crippen LogP contribution in [0.25, 0.3) is 72.0 Å². The number of aromatic nitrogens is 1. The third-order valence-electron chi connectivity index (χ3n) is 15.4. The van der Waals surface area contributed by atoms with Crippen molar-refractivity contribution < 1.29 is 18.9 Å². The lowest BCUT2D eigenvalue weighted by molar-refractivity contribution is 0.464. The summed E-state index contributed by atoms with van der Waals surface area (Å²) in [7, 11) is 0. The van der Waals surface area contributed by atoms with Crippen molar-refractivity contribution in [2.24, 2.45) is 0 Å². The van der Waals surface area contributed by atoms with E-state index in [1.165, 1.54) is 10.8 Å². The molecule has 0 unspecified atom stereocenters. The first-order chi connectivity index (χ1) is 36.2. The normalized spacial score (nSPS) is 13.0. The molecule has 0 saturated heterocycles. The Balaban J connectivity index is 0.839. The number of nitrogens with zero attached hydrogens (tertiary/aromatic N) is 1. The summed E-state index contributed by atoms with van der Waals surface area (Å²) in [4.78, 5) is 0. The Morgan fingerprint density at radius 3 is 1.00 bits per heavy atom. The minimum Gasteiger partial charge on any atom is -0.458 e. The van der Waals surface area contributed by atoms with Gasteiger partial charge in [-0.15, -0.1) is 0 Å². The Hall–Kier alpha value is -9.45. The molecular formula is C66H39B2NO4. The second-order valence-electron chi connectivity index (χ2n) is 19.4. The fraction of sp³-hybridized carbons (Fsp3) is 0. The van der Waals surface area contributed by atoms with Gasteiger partial charge < -0.3 is 23.5 Å². The van der Waals surface area contributed by atoms with Crippen molar-refractivity contribution in [3.63, 3.8) is 0 Å². The van der Waals surface area contributed by atoms with Gasteiger partial charge in [-0.2, -0.15) is 0 Å². The van der Waals surface area contributed by atoms with E-state index in [4.69, 9.17) is 18.9 Å². The highest BCUT2D eigenvalue weighted by atomic mass is 16.5. The molecule has 4 aliphatic heterocycles. The van der Waals surface area contributed by atoms with E-state index in [0.717, 1.165) is 140 Å². The molecule has 1 aromatic heterocycles. The molecule has 12 aromatic rings. The summed E-state index contributed by atoms with van der Waals surface area (Å²) in [6.45, 7) is 0.0475. The minimum atomic E-state index is 0.0238. The maximum Gasteiger partial charge on any atom is 0.260 e. The van der Waals surface area contributed by atoms with Gasteiger partial charge in [-0.3, -0.25) is 0 Å². The molecule has 7 heteroatoms. The standard InChI is InChI=1S/C66H39B2NO4/c1-2-20-46(21-3-1)69-65-47(42-18-12-16-40(34-42)44-36-59-63-60(37-44)71-56-31-9-5-27-52(56)67(63)51-26-4-8-30-55(51)70-59)22-14-24-49(65)50-25-15-23-48(66(50)69)43-19-13-17-41(35-43)45-38-61-64-62(39-45)73-58-33-11-7-29-54(58)68(64)53-28-6-10-32-57(53)72-61/h1-39H. The van der Waals surface area contributed by atoms with E-state index < -0.39 is 0 Å². The first kappa shape index (κ1) is 40.3. The fourth-order valence-electron chi connectivity index (χ4n) is 12.3. The largest absolute Gasteiger partial charge is 0.458 e. The van der Waals surface area contributed by atoms with Gasteiger partial charge in [0.1, 0.15) is 46.0 Å². The van der Waals surface area contributed by atoms with Gasteiger partial charge in [0.15, 0.2) is 0 Å². The first-order valence-electron chi connectivity index (χ1n) is 24.9. The highest BCUT2D eigenvalue weighted by molar-refractivity contribution is 6.99. The van der Waals surface area contributed by atoms with Crippen LogP contribution in [0.15, 0.2) is 237 Å². The smallest absolute Gasteiger partial charge is 0.260 e. The van der Waals surface area contributed by atoms with Gasteiger partial charge in [-0.25, -0.2) is 0 Å². The number of rotatable bonds is 5. The Kier molecular flexibility index (Phi) is 8.57. The molecular weight excluding hydrogens is 892 g/mol. The molecule has 16 rings (SSSR count). The van der Waals surface area contributed by atoms with Gasteiger partial charge in [0.05, 0.1) is 11.0 Å². The summed E-state index contributed by atoms with van der Waals surface area (Å²) in [6, 6.07) is 84.3. The van der Waals surface area contributed by atoms with Crippen molar-refractivity contribution in [1.29, 1.82) is 0 Å². The van der Waals surface area contributed by atoms with E-state index in [1.807, 2.05) is 24.3 Å². The highest BCUT2D eigenvalue weighted by Gasteiger charge is 2.42. The first-order valence-corrected chi connectivity index (χ1v) is 24.9. The summed E-state index contributed by atoms with van der Waals surface area (Å²) in [6.07, 6.45) is 0. The third-order valence-corrected chi connectivity index (χ3v) is 15.4. The highest BCUT2D eigenvalue weighted by Crippen LogP contribution is 2.45. The average Bonchev–Trinajstić information content (AvgIpc) is 3.81. The minimum absolute atomic E-state index is 0.0238. The second kappa shape index (κ2) is 15.5. The molecule has 11 aromatic carbocycles. The molecule has 0 aliphatic carbocycles. The summed E-state index contributed by atoms with van der Waals surface area (Å²) >= 11 is 0. The number of hydrogen-bond acceptors (Lipinski definition) is 4. The SMILES string of the molecule is c1ccc(-n2c3c(-c4cccc(-c5cc6c7c(c5)Oc5ccccc5B7c5ccccc5O6)c4)cccc3c3cccc(-c4cccc(-c5cc6c7c(c5)Oc5ccccc5B7c5ccccc5O6)c4)c32)cc1. The topological polar surface area (TPSA) is 41.9 Å². The van der Waals surface area contributed by atoms with Crippen LogP contribution in [0.1, 0.15) is 0 Å². The van der Waals surface area contributed by atoms with Crippen LogP contribution in [0.3, 0.4) is 0 Å². The van der Waals surface area contributed by atoms with Gasteiger partial charge in [0, 0.05) is 38.5 Å². The average molecular weight is 932 g/mol. The van der Waals surface area contributed by atoms with E-state index in [2.05, 4.69) is 217 Å². The number of ether oxygens (including phenoxy) is 4. The van der Waals surface area contributed by atoms with E-state index in [0.29, 0.717) is 0 Å². The molecule has 73 heavy (non-hydrogen) atoms. The number of para-hydroxylation sites is 7. The summed E-state index contributed by atoms with van der Waals surface area (Å²) in [5.74, 6) is 6.82. The molecule has 338 valence electrons. The monoisotopic (exact) mass is 931 g/mol. The van der Waals surface area contributed by atoms with Gasteiger partial charge >= 0.3 is 0 Å². The molecule has 0 saturated carbocycles. The molecule has 0 amide bonds. The van der Waals surface area contributed by atoms with Gasteiger partial charge in [-0.05, 0) is 128 Å². The molecule has 0 N–H and O–H groups in total. The molecule has 0 bridgehead atoms. The predicted octanol–water partition coefficient (Wildman–Crippen LogP) is 12.9. The summed E-state index contributed by atoms with van der Waals surface area (Å²) in [5, 5.41) is 2.36. The molecule has 5 nitrogen and oxygen atoms in total. The molecule has 0 radical (unpaired) electrons. The Labute approximate surface area is 422 Å². The molecule has 0 atom stereocenters. The van der Waals surface area contributed by atoms with E-state index in [-0.39, 0.29) is 13.4 Å². The van der Waals surface area contributed by atoms with Crippen LogP contribution in [0.5, 0.6) is 46.0 Å². The van der Waals surface area contributed by atoms with Crippen molar-refractivity contribution in [2.45, 2.75) is 0 Å². The predicted molar refractivity (Wildman–Crippen MR) is 298 cm³/mol. The van der Waals surface area contributed by atoms with Crippen LogP contribution >= 0.6 is 0 Å². The number of hydrogen-bond donors (Lipinski definition) is 0. The fourth-order valence-corrected chi connectivity index (χ4v) is 12.3. The zero-order chi connectivity index (χ0) is 47.7. The van der Waals surface area contributed by atoms with E-state index in [9.17, 15) is 0 Å². The zero-order valence-electron chi connectivity index (χ0n) is 39.3. The van der Waals surface area contributed by atoms with E-state index in [1.54, 1.807) is 0 Å². The second-order valence-corrected chi connectivity index (χ2v) is 19.4. The van der Waals surface area contributed by atoms with Crippen molar-refractivity contribution in [2.75, 3.05) is 0 Å². The maximum atomic E-state index is 6.72. The zero-order valence-corrected chi connectivity index (χ0v) is 39.3. The third kappa shape index (κ3) is 6.06. The van der Waals surface area contributed by atoms with Gasteiger partial charge in [0.25, 0.3) is 13.4 Å². The van der Waals surface area contributed by atoms with Crippen LogP contribution < -0.4 is 51.7 Å². The Bertz CT molecular complexity index is 3920. The molecule has 4 aliphatic rings. The van der Waals surface area contributed by atoms with Crippen molar-refractivity contribution in [3.05, 3.63) is 237 Å². The lowest BCUT2D eigenvalue weighted by atomic mass is 9.35. The van der Waals surface area contributed by atoms with Crippen LogP contribution in [0.4, 0.5) is 0 Å². The number of fused-ring (bicyclic) bond motifs is 11. The summed E-state index contributed by atoms with van der Waals surface area (Å²) < 4.78 is 29.3. The van der Waals surface area contributed by atoms with Crippen molar-refractivity contribution in [3.8, 4) is 96.2 Å². The maximum absolute atomic E-state index is 6.72. The number of benzene rings is 11.